The highest BCUT2D eigenvalue weighted by Crippen LogP contribution is 2.32. The molecule has 0 aliphatic carbocycles. The molecule has 1 aliphatic rings. The molecule has 0 radical (unpaired) electrons. The Bertz CT molecular complexity index is 743. The van der Waals surface area contributed by atoms with Crippen LogP contribution in [0, 0.1) is 5.92 Å². The third-order valence-electron chi connectivity index (χ3n) is 3.25. The third-order valence-corrected chi connectivity index (χ3v) is 4.53. The van der Waals surface area contributed by atoms with E-state index in [1.165, 1.54) is 12.1 Å². The molecule has 4 N–H and O–H groups in total. The number of carbonyl (C=O) groups is 1. The molecule has 0 saturated heterocycles. The maximum Gasteiger partial charge on any atom is 0.330 e. The maximum atomic E-state index is 11.8. The number of nitrogens with zero attached hydrogens (tertiary/aromatic N) is 1. The first-order valence-electron chi connectivity index (χ1n) is 7.03. The first-order chi connectivity index (χ1) is 10.7. The van der Waals surface area contributed by atoms with Crippen LogP contribution in [-0.4, -0.2) is 31.1 Å². The highest BCUT2D eigenvalue weighted by atomic mass is 32.2. The summed E-state index contributed by atoms with van der Waals surface area (Å²) in [7, 11) is -3.94. The van der Waals surface area contributed by atoms with Gasteiger partial charge in [-0.3, -0.25) is 4.79 Å². The zero-order chi connectivity index (χ0) is 17.2. The summed E-state index contributed by atoms with van der Waals surface area (Å²) < 4.78 is 26.2. The van der Waals surface area contributed by atoms with E-state index in [1.807, 2.05) is 4.72 Å². The smallest absolute Gasteiger partial charge is 0.330 e. The molecule has 0 atom stereocenters. The fourth-order valence-electron chi connectivity index (χ4n) is 2.03. The summed E-state index contributed by atoms with van der Waals surface area (Å²) in [5, 5.41) is 22.1. The van der Waals surface area contributed by atoms with Crippen LogP contribution in [0.2, 0.25) is 0 Å². The van der Waals surface area contributed by atoms with Crippen molar-refractivity contribution in [2.24, 2.45) is 5.92 Å². The Balaban J connectivity index is 2.08. The van der Waals surface area contributed by atoms with Gasteiger partial charge in [0.2, 0.25) is 11.8 Å². The van der Waals surface area contributed by atoms with Crippen LogP contribution < -0.4 is 14.3 Å². The Morgan fingerprint density at radius 1 is 1.35 bits per heavy atom. The van der Waals surface area contributed by atoms with Gasteiger partial charge in [-0.25, -0.2) is 9.03 Å². The van der Waals surface area contributed by atoms with Crippen molar-refractivity contribution < 1.29 is 23.4 Å². The second-order valence-electron chi connectivity index (χ2n) is 5.44. The maximum absolute atomic E-state index is 11.8. The quantitative estimate of drug-likeness (QED) is 0.629. The minimum atomic E-state index is -3.94. The van der Waals surface area contributed by atoms with Crippen LogP contribution in [-0.2, 0) is 21.4 Å². The van der Waals surface area contributed by atoms with E-state index >= 15 is 0 Å². The van der Waals surface area contributed by atoms with Crippen LogP contribution in [0.15, 0.2) is 30.3 Å². The molecule has 126 valence electrons. The van der Waals surface area contributed by atoms with Gasteiger partial charge < -0.3 is 15.5 Å². The van der Waals surface area contributed by atoms with Crippen molar-refractivity contribution in [1.29, 1.82) is 0 Å². The molecule has 2 rings (SSSR count). The van der Waals surface area contributed by atoms with E-state index in [1.54, 1.807) is 19.9 Å². The number of amides is 1. The fourth-order valence-corrected chi connectivity index (χ4v) is 3.10. The number of nitrogens with one attached hydrogen (secondary N) is 2. The fraction of sp³-hybridized carbons (Fsp3) is 0.357. The van der Waals surface area contributed by atoms with Gasteiger partial charge in [0, 0.05) is 12.5 Å². The minimum absolute atomic E-state index is 0.0246. The molecule has 0 saturated carbocycles. The number of carbonyl (C=O) groups excluding carboxylic acids is 1. The van der Waals surface area contributed by atoms with Crippen molar-refractivity contribution in [3.05, 3.63) is 35.8 Å². The zero-order valence-corrected chi connectivity index (χ0v) is 13.6. The molecule has 0 fully saturated rings. The molecule has 0 aromatic heterocycles. The molecular formula is C14H19N3O5S. The summed E-state index contributed by atoms with van der Waals surface area (Å²) in [4.78, 5) is 11.5. The van der Waals surface area contributed by atoms with Gasteiger partial charge in [-0.15, -0.1) is 0 Å². The van der Waals surface area contributed by atoms with Crippen molar-refractivity contribution in [2.75, 3.05) is 10.8 Å². The van der Waals surface area contributed by atoms with E-state index in [2.05, 4.69) is 5.32 Å². The predicted molar refractivity (Wildman–Crippen MR) is 84.9 cm³/mol. The lowest BCUT2D eigenvalue weighted by molar-refractivity contribution is -0.123. The number of aromatic hydroxyl groups is 1. The summed E-state index contributed by atoms with van der Waals surface area (Å²) in [6.45, 7) is 4.01. The highest BCUT2D eigenvalue weighted by Gasteiger charge is 2.30. The van der Waals surface area contributed by atoms with Crippen molar-refractivity contribution >= 4 is 21.8 Å². The van der Waals surface area contributed by atoms with E-state index in [4.69, 9.17) is 0 Å². The van der Waals surface area contributed by atoms with E-state index in [0.717, 1.165) is 16.1 Å². The second-order valence-corrected chi connectivity index (χ2v) is 6.98. The SMILES string of the molecule is CC(C)C(=O)NCCc1ccc(N2C=C(O)NS2(=O)=O)c(O)c1. The standard InChI is InChI=1S/C14H19N3O5S/c1-9(2)14(20)15-6-5-10-3-4-11(12(18)7-10)17-8-13(19)16-23(17,21)22/h3-4,7-9,16,18-19H,5-6H2,1-2H3,(H,15,20). The third kappa shape index (κ3) is 3.86. The van der Waals surface area contributed by atoms with Crippen LogP contribution in [0.5, 0.6) is 5.75 Å². The summed E-state index contributed by atoms with van der Waals surface area (Å²) in [6.07, 6.45) is 1.46. The van der Waals surface area contributed by atoms with Crippen LogP contribution in [0.4, 0.5) is 5.69 Å². The van der Waals surface area contributed by atoms with Crippen molar-refractivity contribution in [3.63, 3.8) is 0 Å². The Labute approximate surface area is 134 Å². The highest BCUT2D eigenvalue weighted by molar-refractivity contribution is 7.91. The number of phenols is 1. The van der Waals surface area contributed by atoms with Crippen molar-refractivity contribution in [2.45, 2.75) is 20.3 Å². The second kappa shape index (κ2) is 6.37. The molecule has 0 bridgehead atoms. The first kappa shape index (κ1) is 16.9. The van der Waals surface area contributed by atoms with Gasteiger partial charge in [0.1, 0.15) is 11.4 Å². The van der Waals surface area contributed by atoms with E-state index < -0.39 is 16.1 Å². The molecule has 23 heavy (non-hydrogen) atoms. The number of rotatable bonds is 5. The molecule has 8 nitrogen and oxygen atoms in total. The zero-order valence-electron chi connectivity index (χ0n) is 12.8. The molecule has 9 heteroatoms. The number of anilines is 1. The van der Waals surface area contributed by atoms with Crippen molar-refractivity contribution in [1.82, 2.24) is 10.0 Å². The van der Waals surface area contributed by atoms with E-state index in [9.17, 15) is 23.4 Å². The average molecular weight is 341 g/mol. The molecular weight excluding hydrogens is 322 g/mol. The summed E-state index contributed by atoms with van der Waals surface area (Å²) in [5.74, 6) is -0.919. The Morgan fingerprint density at radius 2 is 2.04 bits per heavy atom. The van der Waals surface area contributed by atoms with Crippen LogP contribution in [0.3, 0.4) is 0 Å². The molecule has 1 aromatic carbocycles. The van der Waals surface area contributed by atoms with Gasteiger partial charge >= 0.3 is 10.2 Å². The van der Waals surface area contributed by atoms with Crippen LogP contribution in [0.1, 0.15) is 19.4 Å². The van der Waals surface area contributed by atoms with Gasteiger partial charge in [0.05, 0.1) is 6.20 Å². The van der Waals surface area contributed by atoms with Crippen molar-refractivity contribution in [3.8, 4) is 5.75 Å². The molecule has 1 aromatic rings. The number of hydrogen-bond donors (Lipinski definition) is 4. The summed E-state index contributed by atoms with van der Waals surface area (Å²) in [6, 6.07) is 4.51. The lowest BCUT2D eigenvalue weighted by Crippen LogP contribution is -2.30. The van der Waals surface area contributed by atoms with Crippen LogP contribution >= 0.6 is 0 Å². The predicted octanol–water partition coefficient (Wildman–Crippen LogP) is 0.718. The minimum Gasteiger partial charge on any atom is -0.506 e. The van der Waals surface area contributed by atoms with E-state index in [0.29, 0.717) is 13.0 Å². The number of aliphatic hydroxyl groups excluding tert-OH is 1. The van der Waals surface area contributed by atoms with Crippen LogP contribution in [0.25, 0.3) is 0 Å². The molecule has 1 aliphatic heterocycles. The monoisotopic (exact) mass is 341 g/mol. The summed E-state index contributed by atoms with van der Waals surface area (Å²) in [5.41, 5.74) is 0.768. The normalized spacial score (nSPS) is 16.1. The van der Waals surface area contributed by atoms with Gasteiger partial charge in [-0.05, 0) is 24.1 Å². The van der Waals surface area contributed by atoms with Gasteiger partial charge in [0.15, 0.2) is 0 Å². The number of benzene rings is 1. The van der Waals surface area contributed by atoms with Gasteiger partial charge in [-0.2, -0.15) is 8.42 Å². The first-order valence-corrected chi connectivity index (χ1v) is 8.47. The average Bonchev–Trinajstić information content (AvgIpc) is 2.71. The lowest BCUT2D eigenvalue weighted by atomic mass is 10.1. The Morgan fingerprint density at radius 3 is 2.57 bits per heavy atom. The Kier molecular flexibility index (Phi) is 4.69. The van der Waals surface area contributed by atoms with Gasteiger partial charge in [-0.1, -0.05) is 19.9 Å². The Hall–Kier alpha value is -2.42. The van der Waals surface area contributed by atoms with Gasteiger partial charge in [0.25, 0.3) is 0 Å². The molecule has 1 amide bonds. The molecule has 0 spiro atoms. The molecule has 1 heterocycles. The topological polar surface area (TPSA) is 119 Å². The lowest BCUT2D eigenvalue weighted by Gasteiger charge is -2.16. The molecule has 0 unspecified atom stereocenters. The summed E-state index contributed by atoms with van der Waals surface area (Å²) >= 11 is 0. The number of phenolic OH excluding ortho intramolecular Hbond substituents is 1. The number of hydrogen-bond acceptors (Lipinski definition) is 5. The van der Waals surface area contributed by atoms with E-state index in [-0.39, 0.29) is 23.3 Å². The largest absolute Gasteiger partial charge is 0.506 e. The number of aliphatic hydroxyl groups is 1.